The van der Waals surface area contributed by atoms with E-state index in [1.54, 1.807) is 12.1 Å². The van der Waals surface area contributed by atoms with E-state index in [0.29, 0.717) is 0 Å². The Morgan fingerprint density at radius 1 is 1.07 bits per heavy atom. The predicted molar refractivity (Wildman–Crippen MR) is 57.3 cm³/mol. The van der Waals surface area contributed by atoms with Gasteiger partial charge in [-0.05, 0) is 24.3 Å². The average Bonchev–Trinajstić information content (AvgIpc) is 2.30. The van der Waals surface area contributed by atoms with Crippen LogP contribution in [-0.2, 0) is 0 Å². The van der Waals surface area contributed by atoms with E-state index in [4.69, 9.17) is 5.11 Å². The van der Waals surface area contributed by atoms with Crippen molar-refractivity contribution < 1.29 is 9.50 Å². The molecule has 0 bridgehead atoms. The van der Waals surface area contributed by atoms with Crippen LogP contribution in [0.25, 0.3) is 0 Å². The first-order valence-electron chi connectivity index (χ1n) is 5.13. The molecule has 0 unspecified atom stereocenters. The lowest BCUT2D eigenvalue weighted by molar-refractivity contribution is 0.102. The molecule has 1 N–H and O–H groups in total. The molecular formula is C11H15FN2O. The van der Waals surface area contributed by atoms with E-state index in [1.807, 2.05) is 4.90 Å². The minimum atomic E-state index is -0.201. The zero-order valence-corrected chi connectivity index (χ0v) is 8.56. The van der Waals surface area contributed by atoms with Gasteiger partial charge in [-0.2, -0.15) is 0 Å². The van der Waals surface area contributed by atoms with Crippen molar-refractivity contribution in [1.29, 1.82) is 0 Å². The molecule has 2 rings (SSSR count). The van der Waals surface area contributed by atoms with E-state index in [2.05, 4.69) is 4.90 Å². The van der Waals surface area contributed by atoms with Crippen LogP contribution in [0.3, 0.4) is 0 Å². The van der Waals surface area contributed by atoms with Crippen molar-refractivity contribution in [2.45, 2.75) is 0 Å². The molecule has 1 heterocycles. The Balaban J connectivity index is 1.98. The number of halogens is 1. The Kier molecular flexibility index (Phi) is 3.18. The molecule has 15 heavy (non-hydrogen) atoms. The zero-order chi connectivity index (χ0) is 10.7. The van der Waals surface area contributed by atoms with Crippen LogP contribution < -0.4 is 4.90 Å². The third-order valence-electron chi connectivity index (χ3n) is 2.76. The Morgan fingerprint density at radius 2 is 1.67 bits per heavy atom. The maximum Gasteiger partial charge on any atom is 0.123 e. The number of hydrogen-bond donors (Lipinski definition) is 1. The van der Waals surface area contributed by atoms with Crippen molar-refractivity contribution >= 4 is 5.69 Å². The molecular weight excluding hydrogens is 195 g/mol. The summed E-state index contributed by atoms with van der Waals surface area (Å²) in [6.45, 7) is 3.59. The van der Waals surface area contributed by atoms with Crippen LogP contribution in [0.5, 0.6) is 0 Å². The third kappa shape index (κ3) is 2.46. The number of rotatable bonds is 2. The molecule has 1 aromatic rings. The quantitative estimate of drug-likeness (QED) is 0.785. The zero-order valence-electron chi connectivity index (χ0n) is 8.56. The average molecular weight is 210 g/mol. The summed E-state index contributed by atoms with van der Waals surface area (Å²) in [5.41, 5.74) is 1.05. The Morgan fingerprint density at radius 3 is 2.20 bits per heavy atom. The van der Waals surface area contributed by atoms with E-state index in [9.17, 15) is 4.39 Å². The summed E-state index contributed by atoms with van der Waals surface area (Å²) < 4.78 is 12.7. The second kappa shape index (κ2) is 4.59. The van der Waals surface area contributed by atoms with Crippen LogP contribution in [0.2, 0.25) is 0 Å². The second-order valence-electron chi connectivity index (χ2n) is 3.72. The number of hydrogen-bond acceptors (Lipinski definition) is 3. The molecule has 3 nitrogen and oxygen atoms in total. The van der Waals surface area contributed by atoms with Crippen molar-refractivity contribution in [3.8, 4) is 0 Å². The van der Waals surface area contributed by atoms with E-state index in [1.165, 1.54) is 12.1 Å². The van der Waals surface area contributed by atoms with Crippen LogP contribution in [0.15, 0.2) is 24.3 Å². The van der Waals surface area contributed by atoms with Gasteiger partial charge in [0.25, 0.3) is 0 Å². The highest BCUT2D eigenvalue weighted by Gasteiger charge is 2.15. The van der Waals surface area contributed by atoms with Gasteiger partial charge in [0, 0.05) is 31.9 Å². The van der Waals surface area contributed by atoms with Crippen molar-refractivity contribution in [2.75, 3.05) is 37.8 Å². The van der Waals surface area contributed by atoms with E-state index in [0.717, 1.165) is 31.9 Å². The summed E-state index contributed by atoms with van der Waals surface area (Å²) >= 11 is 0. The predicted octanol–water partition coefficient (Wildman–Crippen LogP) is 0.897. The molecule has 0 radical (unpaired) electrons. The molecule has 1 aliphatic rings. The smallest absolute Gasteiger partial charge is 0.123 e. The van der Waals surface area contributed by atoms with Crippen molar-refractivity contribution in [1.82, 2.24) is 4.90 Å². The van der Waals surface area contributed by atoms with Gasteiger partial charge >= 0.3 is 0 Å². The molecule has 82 valence electrons. The summed E-state index contributed by atoms with van der Waals surface area (Å²) in [7, 11) is 0. The summed E-state index contributed by atoms with van der Waals surface area (Å²) in [5, 5.41) is 8.94. The molecule has 1 saturated heterocycles. The molecule has 0 spiro atoms. The Labute approximate surface area is 88.7 Å². The molecule has 1 fully saturated rings. The molecule has 1 aliphatic heterocycles. The first kappa shape index (κ1) is 10.4. The molecule has 0 aromatic heterocycles. The standard InChI is InChI=1S/C11H15FN2O/c12-10-1-3-11(4-2-10)14-7-5-13(9-15)6-8-14/h1-4,15H,5-9H2. The topological polar surface area (TPSA) is 26.7 Å². The minimum absolute atomic E-state index is 0.122. The van der Waals surface area contributed by atoms with E-state index < -0.39 is 0 Å². The lowest BCUT2D eigenvalue weighted by Gasteiger charge is -2.34. The van der Waals surface area contributed by atoms with Gasteiger partial charge in [0.1, 0.15) is 5.82 Å². The van der Waals surface area contributed by atoms with Gasteiger partial charge in [0.2, 0.25) is 0 Å². The van der Waals surface area contributed by atoms with Gasteiger partial charge in [0.05, 0.1) is 6.73 Å². The Bertz CT molecular complexity index is 307. The molecule has 4 heteroatoms. The van der Waals surface area contributed by atoms with Crippen LogP contribution >= 0.6 is 0 Å². The van der Waals surface area contributed by atoms with Crippen molar-refractivity contribution in [2.24, 2.45) is 0 Å². The fraction of sp³-hybridized carbons (Fsp3) is 0.455. The van der Waals surface area contributed by atoms with Crippen molar-refractivity contribution in [3.63, 3.8) is 0 Å². The van der Waals surface area contributed by atoms with Gasteiger partial charge in [-0.25, -0.2) is 4.39 Å². The third-order valence-corrected chi connectivity index (χ3v) is 2.76. The number of benzene rings is 1. The molecule has 0 amide bonds. The van der Waals surface area contributed by atoms with Crippen LogP contribution in [0.4, 0.5) is 10.1 Å². The summed E-state index contributed by atoms with van der Waals surface area (Å²) in [6, 6.07) is 6.55. The highest BCUT2D eigenvalue weighted by atomic mass is 19.1. The molecule has 1 aromatic carbocycles. The van der Waals surface area contributed by atoms with Gasteiger partial charge in [-0.3, -0.25) is 4.90 Å². The maximum absolute atomic E-state index is 12.7. The largest absolute Gasteiger partial charge is 0.381 e. The highest BCUT2D eigenvalue weighted by molar-refractivity contribution is 5.46. The SMILES string of the molecule is OCN1CCN(c2ccc(F)cc2)CC1. The lowest BCUT2D eigenvalue weighted by atomic mass is 10.2. The first-order chi connectivity index (χ1) is 7.29. The van der Waals surface area contributed by atoms with Gasteiger partial charge in [-0.15, -0.1) is 0 Å². The summed E-state index contributed by atoms with van der Waals surface area (Å²) in [4.78, 5) is 4.19. The Hall–Kier alpha value is -1.13. The van der Waals surface area contributed by atoms with E-state index >= 15 is 0 Å². The fourth-order valence-electron chi connectivity index (χ4n) is 1.80. The normalized spacial score (nSPS) is 18.1. The van der Waals surface area contributed by atoms with Gasteiger partial charge in [0.15, 0.2) is 0 Å². The summed E-state index contributed by atoms with van der Waals surface area (Å²) in [6.07, 6.45) is 0. The monoisotopic (exact) mass is 210 g/mol. The van der Waals surface area contributed by atoms with E-state index in [-0.39, 0.29) is 12.5 Å². The minimum Gasteiger partial charge on any atom is -0.381 e. The van der Waals surface area contributed by atoms with Crippen LogP contribution in [-0.4, -0.2) is 42.9 Å². The molecule has 0 saturated carbocycles. The number of aliphatic hydroxyl groups is 1. The summed E-state index contributed by atoms with van der Waals surface area (Å²) in [5.74, 6) is -0.201. The highest BCUT2D eigenvalue weighted by Crippen LogP contribution is 2.16. The number of piperazine rings is 1. The first-order valence-corrected chi connectivity index (χ1v) is 5.13. The second-order valence-corrected chi connectivity index (χ2v) is 3.72. The lowest BCUT2D eigenvalue weighted by Crippen LogP contribution is -2.46. The van der Waals surface area contributed by atoms with Crippen LogP contribution in [0.1, 0.15) is 0 Å². The molecule has 0 atom stereocenters. The number of nitrogens with zero attached hydrogens (tertiary/aromatic N) is 2. The number of aliphatic hydroxyl groups excluding tert-OH is 1. The van der Waals surface area contributed by atoms with Gasteiger partial charge < -0.3 is 10.0 Å². The van der Waals surface area contributed by atoms with Gasteiger partial charge in [-0.1, -0.05) is 0 Å². The number of anilines is 1. The fourth-order valence-corrected chi connectivity index (χ4v) is 1.80. The van der Waals surface area contributed by atoms with Crippen molar-refractivity contribution in [3.05, 3.63) is 30.1 Å². The van der Waals surface area contributed by atoms with Crippen LogP contribution in [0, 0.1) is 5.82 Å². The maximum atomic E-state index is 12.7. The molecule has 0 aliphatic carbocycles.